The first-order valence-electron chi connectivity index (χ1n) is 20.0. The van der Waals surface area contributed by atoms with Crippen LogP contribution in [0.2, 0.25) is 0 Å². The van der Waals surface area contributed by atoms with E-state index in [0.29, 0.717) is 25.8 Å². The average Bonchev–Trinajstić information content (AvgIpc) is 3.32. The molecule has 0 aromatic carbocycles. The Labute approximate surface area is 299 Å². The van der Waals surface area contributed by atoms with Gasteiger partial charge in [-0.2, -0.15) is 0 Å². The third kappa shape index (κ3) is 16.6. The molecule has 48 heavy (non-hydrogen) atoms. The SMILES string of the molecule is CCCCCCCCCCCCCCCCN(C)C(=O)COC(=O)CCC/C=C\C[C@@H]1[C@@H](/C=C/C[C@H](O)C2(CC)CCC2)[C@H](O)C[C@H]1Cl. The number of halogens is 1. The number of hydrogen-bond donors (Lipinski definition) is 2. The molecule has 0 radical (unpaired) electrons. The number of aliphatic hydroxyl groups is 2. The van der Waals surface area contributed by atoms with Crippen LogP contribution in [0.4, 0.5) is 0 Å². The largest absolute Gasteiger partial charge is 0.456 e. The van der Waals surface area contributed by atoms with Crippen LogP contribution in [0.3, 0.4) is 0 Å². The van der Waals surface area contributed by atoms with Crippen molar-refractivity contribution in [2.24, 2.45) is 17.3 Å². The molecule has 2 aliphatic carbocycles. The molecule has 2 rings (SSSR count). The number of esters is 1. The lowest BCUT2D eigenvalue weighted by Crippen LogP contribution is -2.40. The second-order valence-electron chi connectivity index (χ2n) is 15.0. The maximum atomic E-state index is 12.4. The molecule has 1 amide bonds. The van der Waals surface area contributed by atoms with Crippen LogP contribution in [-0.4, -0.2) is 64.8 Å². The van der Waals surface area contributed by atoms with E-state index in [1.807, 2.05) is 0 Å². The lowest BCUT2D eigenvalue weighted by Gasteiger charge is -2.45. The molecule has 0 bridgehead atoms. The van der Waals surface area contributed by atoms with E-state index in [1.165, 1.54) is 83.5 Å². The van der Waals surface area contributed by atoms with Crippen molar-refractivity contribution in [1.29, 1.82) is 0 Å². The smallest absolute Gasteiger partial charge is 0.306 e. The Kier molecular flexibility index (Phi) is 22.8. The van der Waals surface area contributed by atoms with Crippen LogP contribution in [-0.2, 0) is 14.3 Å². The summed E-state index contributed by atoms with van der Waals surface area (Å²) in [6.07, 6.45) is 34.0. The third-order valence-corrected chi connectivity index (χ3v) is 11.8. The summed E-state index contributed by atoms with van der Waals surface area (Å²) in [5.41, 5.74) is 0.0828. The summed E-state index contributed by atoms with van der Waals surface area (Å²) in [5.74, 6) is -0.338. The second kappa shape index (κ2) is 25.6. The number of nitrogens with zero attached hydrogens (tertiary/aromatic N) is 1. The Morgan fingerprint density at radius 1 is 0.896 bits per heavy atom. The zero-order valence-corrected chi connectivity index (χ0v) is 31.8. The maximum absolute atomic E-state index is 12.4. The van der Waals surface area contributed by atoms with Gasteiger partial charge < -0.3 is 19.8 Å². The Morgan fingerprint density at radius 3 is 2.06 bits per heavy atom. The molecule has 0 unspecified atom stereocenters. The van der Waals surface area contributed by atoms with Crippen molar-refractivity contribution in [3.8, 4) is 0 Å². The van der Waals surface area contributed by atoms with E-state index in [-0.39, 0.29) is 53.6 Å². The highest BCUT2D eigenvalue weighted by Crippen LogP contribution is 2.48. The molecule has 0 saturated heterocycles. The number of carbonyl (C=O) groups is 2. The van der Waals surface area contributed by atoms with Crippen molar-refractivity contribution in [3.05, 3.63) is 24.3 Å². The van der Waals surface area contributed by atoms with Crippen molar-refractivity contribution < 1.29 is 24.5 Å². The lowest BCUT2D eigenvalue weighted by atomic mass is 9.63. The molecule has 5 atom stereocenters. The summed E-state index contributed by atoms with van der Waals surface area (Å²) in [4.78, 5) is 26.3. The van der Waals surface area contributed by atoms with Crippen LogP contribution in [0, 0.1) is 17.3 Å². The number of hydrogen-bond acceptors (Lipinski definition) is 5. The van der Waals surface area contributed by atoms with Gasteiger partial charge in [0.1, 0.15) is 0 Å². The fourth-order valence-corrected chi connectivity index (χ4v) is 8.01. The van der Waals surface area contributed by atoms with E-state index >= 15 is 0 Å². The second-order valence-corrected chi connectivity index (χ2v) is 15.5. The predicted molar refractivity (Wildman–Crippen MR) is 200 cm³/mol. The highest BCUT2D eigenvalue weighted by molar-refractivity contribution is 6.21. The van der Waals surface area contributed by atoms with Crippen LogP contribution < -0.4 is 0 Å². The molecule has 0 heterocycles. The number of rotatable bonds is 28. The Morgan fingerprint density at radius 2 is 1.50 bits per heavy atom. The first-order chi connectivity index (χ1) is 23.2. The monoisotopic (exact) mass is 694 g/mol. The van der Waals surface area contributed by atoms with Crippen LogP contribution in [0.25, 0.3) is 0 Å². The quantitative estimate of drug-likeness (QED) is 0.0369. The normalized spacial score (nSPS) is 22.7. The summed E-state index contributed by atoms with van der Waals surface area (Å²) in [5, 5.41) is 21.3. The Hall–Kier alpha value is -1.37. The topological polar surface area (TPSA) is 87.1 Å². The van der Waals surface area contributed by atoms with Crippen molar-refractivity contribution in [2.75, 3.05) is 20.2 Å². The van der Waals surface area contributed by atoms with Crippen molar-refractivity contribution in [3.63, 3.8) is 0 Å². The Balaban J connectivity index is 1.48. The van der Waals surface area contributed by atoms with Gasteiger partial charge in [-0.1, -0.05) is 128 Å². The zero-order chi connectivity index (χ0) is 35.0. The number of amides is 1. The highest BCUT2D eigenvalue weighted by Gasteiger charge is 2.42. The van der Waals surface area contributed by atoms with Gasteiger partial charge in [-0.15, -0.1) is 11.6 Å². The predicted octanol–water partition coefficient (Wildman–Crippen LogP) is 10.1. The molecule has 2 fully saturated rings. The van der Waals surface area contributed by atoms with E-state index in [9.17, 15) is 19.8 Å². The summed E-state index contributed by atoms with van der Waals surface area (Å²) in [6, 6.07) is 0. The number of aliphatic hydroxyl groups excluding tert-OH is 2. The molecule has 0 aromatic rings. The number of alkyl halides is 1. The lowest BCUT2D eigenvalue weighted by molar-refractivity contribution is -0.151. The number of likely N-dealkylation sites (N-methyl/N-ethyl adjacent to an activating group) is 1. The van der Waals surface area contributed by atoms with E-state index in [1.54, 1.807) is 11.9 Å². The zero-order valence-electron chi connectivity index (χ0n) is 31.0. The van der Waals surface area contributed by atoms with Gasteiger partial charge in [0.2, 0.25) is 0 Å². The molecular formula is C41H72ClNO5. The van der Waals surface area contributed by atoms with Crippen LogP contribution in [0.5, 0.6) is 0 Å². The fourth-order valence-electron chi connectivity index (χ4n) is 7.56. The van der Waals surface area contributed by atoms with Gasteiger partial charge in [0.15, 0.2) is 6.61 Å². The molecule has 2 aliphatic rings. The van der Waals surface area contributed by atoms with Gasteiger partial charge in [0.25, 0.3) is 5.91 Å². The van der Waals surface area contributed by atoms with Gasteiger partial charge in [0.05, 0.1) is 12.2 Å². The first kappa shape index (κ1) is 42.8. The van der Waals surface area contributed by atoms with Gasteiger partial charge in [-0.05, 0) is 69.1 Å². The maximum Gasteiger partial charge on any atom is 0.306 e. The molecule has 0 aliphatic heterocycles. The number of unbranched alkanes of at least 4 members (excludes halogenated alkanes) is 14. The number of allylic oxidation sites excluding steroid dienone is 2. The molecule has 2 N–H and O–H groups in total. The van der Waals surface area contributed by atoms with Crippen molar-refractivity contribution in [2.45, 2.75) is 186 Å². The van der Waals surface area contributed by atoms with Gasteiger partial charge in [-0.25, -0.2) is 0 Å². The van der Waals surface area contributed by atoms with Crippen LogP contribution >= 0.6 is 11.6 Å². The van der Waals surface area contributed by atoms with Crippen LogP contribution in [0.15, 0.2) is 24.3 Å². The molecule has 7 heteroatoms. The van der Waals surface area contributed by atoms with E-state index in [2.05, 4.69) is 38.2 Å². The van der Waals surface area contributed by atoms with E-state index < -0.39 is 6.10 Å². The minimum atomic E-state index is -0.459. The van der Waals surface area contributed by atoms with E-state index in [0.717, 1.165) is 44.9 Å². The number of ether oxygens (including phenoxy) is 1. The molecular weight excluding hydrogens is 622 g/mol. The molecule has 6 nitrogen and oxygen atoms in total. The highest BCUT2D eigenvalue weighted by atomic mass is 35.5. The first-order valence-corrected chi connectivity index (χ1v) is 20.4. The van der Waals surface area contributed by atoms with Crippen LogP contribution in [0.1, 0.15) is 168 Å². The summed E-state index contributed by atoms with van der Waals surface area (Å²) in [7, 11) is 1.79. The minimum Gasteiger partial charge on any atom is -0.456 e. The molecule has 0 aromatic heterocycles. The standard InChI is InChI=1S/C41H72ClNO5/c1-4-6-7-8-9-10-11-12-13-14-15-16-19-22-31-43(3)39(46)33-48-40(47)28-21-18-17-20-25-34-35(37(44)32-36(34)42)26-23-27-38(45)41(5-2)29-24-30-41/h17,20,23,26,34-38,44-45H,4-16,18-19,21-22,24-25,27-33H2,1-3H3/b20-17-,26-23+/t34-,35-,36-,37-,38+/m1/s1. The Bertz CT molecular complexity index is 913. The van der Waals surface area contributed by atoms with Gasteiger partial charge >= 0.3 is 5.97 Å². The summed E-state index contributed by atoms with van der Waals surface area (Å²) < 4.78 is 5.24. The number of carbonyl (C=O) groups excluding carboxylic acids is 2. The molecule has 0 spiro atoms. The minimum absolute atomic E-state index is 0.0108. The summed E-state index contributed by atoms with van der Waals surface area (Å²) in [6.45, 7) is 4.96. The van der Waals surface area contributed by atoms with Gasteiger partial charge in [-0.3, -0.25) is 9.59 Å². The average molecular weight is 694 g/mol. The molecule has 278 valence electrons. The fraction of sp³-hybridized carbons (Fsp3) is 0.854. The molecule has 2 saturated carbocycles. The van der Waals surface area contributed by atoms with Gasteiger partial charge in [0, 0.05) is 31.3 Å². The van der Waals surface area contributed by atoms with Crippen molar-refractivity contribution >= 4 is 23.5 Å². The third-order valence-electron chi connectivity index (χ3n) is 11.3. The summed E-state index contributed by atoms with van der Waals surface area (Å²) >= 11 is 6.62. The van der Waals surface area contributed by atoms with E-state index in [4.69, 9.17) is 16.3 Å². The van der Waals surface area contributed by atoms with Crippen molar-refractivity contribution in [1.82, 2.24) is 4.90 Å².